The van der Waals surface area contributed by atoms with E-state index in [-0.39, 0.29) is 4.90 Å². The molecule has 11 aromatic rings. The lowest BCUT2D eigenvalue weighted by atomic mass is 9.96. The number of anilines is 3. The van der Waals surface area contributed by atoms with E-state index >= 15 is 0 Å². The molecule has 0 aliphatic carbocycles. The predicted octanol–water partition coefficient (Wildman–Crippen LogP) is 16.6. The fourth-order valence-corrected chi connectivity index (χ4v) is 6.31. The van der Waals surface area contributed by atoms with Gasteiger partial charge in [0.1, 0.15) is 0 Å². The highest BCUT2D eigenvalue weighted by Gasteiger charge is 2.20. The van der Waals surface area contributed by atoms with Crippen LogP contribution in [0.5, 0.6) is 0 Å². The Balaban J connectivity index is 1.36. The van der Waals surface area contributed by atoms with Crippen molar-refractivity contribution in [2.24, 2.45) is 0 Å². The van der Waals surface area contributed by atoms with E-state index in [0.29, 0.717) is 4.57 Å². The fourth-order valence-electron chi connectivity index (χ4n) is 6.31. The highest BCUT2D eigenvalue weighted by molar-refractivity contribution is 6.11. The van der Waals surface area contributed by atoms with Crippen molar-refractivity contribution in [3.63, 3.8) is 0 Å². The third-order valence-corrected chi connectivity index (χ3v) is 8.99. The lowest BCUT2D eigenvalue weighted by Gasteiger charge is -2.29. The standard InChI is InChI=1S/C60H42N2/c1-5-17-43(18-6-1)45-29-35-51(36-30-45)61(59-39-33-49(44-19-7-2-8-20-44)41-55(59)48-23-11-4-12-24-48)52-37-31-46(32-38-52)50-34-40-60-56(42-50)54-26-14-16-28-58(54)62(60)57-27-15-13-25-53(57)47-21-9-3-10-22-47/h1-42H/i1D,2D,3D,4D,5D,6D,7D,8D,9D,10D,11D,12D,13D,14D,15D,16D,17D,18D,19D,20D,21D,22D,23D,24D,25D,26D,27D,28D,29D,30D,31D,32D,33D,34D,35D,36D,37D,38D,39D,40D,41D,42D. The Bertz CT molecular complexity index is 5660. The normalized spacial score (nSPS) is 20.7. The molecule has 1 heterocycles. The van der Waals surface area contributed by atoms with E-state index in [1.54, 1.807) is 0 Å². The molecule has 0 amide bonds. The van der Waals surface area contributed by atoms with Gasteiger partial charge in [-0.1, -0.05) is 193 Å². The number of fused-ring (bicyclic) bond motifs is 3. The molecule has 1 aromatic heterocycles. The zero-order valence-corrected chi connectivity index (χ0v) is 30.9. The number of nitrogens with zero attached hydrogens (tertiary/aromatic N) is 2. The van der Waals surface area contributed by atoms with Gasteiger partial charge in [-0.15, -0.1) is 0 Å². The van der Waals surface area contributed by atoms with Crippen LogP contribution in [0.25, 0.3) is 83.1 Å². The monoisotopic (exact) mass is 833 g/mol. The van der Waals surface area contributed by atoms with E-state index in [1.165, 1.54) is 0 Å². The third kappa shape index (κ3) is 6.84. The first-order valence-electron chi connectivity index (χ1n) is 38.8. The first-order chi connectivity index (χ1) is 48.2. The van der Waals surface area contributed by atoms with E-state index < -0.39 is 354 Å². The van der Waals surface area contributed by atoms with Crippen molar-refractivity contribution in [1.82, 2.24) is 4.57 Å². The second-order valence-corrected chi connectivity index (χ2v) is 12.5. The van der Waals surface area contributed by atoms with E-state index in [4.69, 9.17) is 30.2 Å². The molecule has 2 nitrogen and oxygen atoms in total. The molecule has 292 valence electrons. The lowest BCUT2D eigenvalue weighted by molar-refractivity contribution is 1.18. The smallest absolute Gasteiger partial charge is 0.0645 e. The first kappa shape index (κ1) is 13.4. The van der Waals surface area contributed by atoms with Crippen molar-refractivity contribution in [2.75, 3.05) is 4.90 Å². The van der Waals surface area contributed by atoms with Crippen LogP contribution in [0.4, 0.5) is 17.1 Å². The molecule has 0 atom stereocenters. The SMILES string of the molecule is [2H]c1c([2H])c([2H])c(-c2c([2H])c([2H])c(N(c3c([2H])c([2H])c(-c4c([2H])c([2H])c5c(c4[2H])c4c([2H])c([2H])c([2H])c([2H])c4n5-c4c([2H])c([2H])c([2H])c([2H])c4-c4c([2H])c([2H])c([2H])c([2H])c4[2H])c([2H])c3[2H])c3c([2H])c([2H])c(-c4c([2H])c([2H])c([2H])c([2H])c4[2H])c([2H])c3-c3c([2H])c([2H])c([2H])c([2H])c3[2H])c([2H])c2[2H])c([2H])c1[2H]. The molecular weight excluding hydrogens is 749 g/mol. The van der Waals surface area contributed by atoms with Crippen molar-refractivity contribution in [1.29, 1.82) is 0 Å². The van der Waals surface area contributed by atoms with Gasteiger partial charge in [0.2, 0.25) is 0 Å². The van der Waals surface area contributed by atoms with Crippen LogP contribution < -0.4 is 4.90 Å². The van der Waals surface area contributed by atoms with Crippen LogP contribution in [0.1, 0.15) is 57.6 Å². The molecular formula is C60H42N2. The predicted molar refractivity (Wildman–Crippen MR) is 263 cm³/mol. The molecule has 0 saturated carbocycles. The molecule has 0 radical (unpaired) electrons. The van der Waals surface area contributed by atoms with Crippen molar-refractivity contribution < 1.29 is 57.6 Å². The van der Waals surface area contributed by atoms with E-state index in [2.05, 4.69) is 0 Å². The number of hydrogen-bond acceptors (Lipinski definition) is 1. The summed E-state index contributed by atoms with van der Waals surface area (Å²) in [7, 11) is 0. The van der Waals surface area contributed by atoms with Gasteiger partial charge in [0.25, 0.3) is 0 Å². The Morgan fingerprint density at radius 3 is 1.34 bits per heavy atom. The Hall–Kier alpha value is -8.20. The second kappa shape index (κ2) is 16.1. The molecule has 10 aromatic carbocycles. The van der Waals surface area contributed by atoms with Crippen molar-refractivity contribution in [2.45, 2.75) is 0 Å². The molecule has 11 rings (SSSR count). The Morgan fingerprint density at radius 2 is 0.710 bits per heavy atom. The third-order valence-electron chi connectivity index (χ3n) is 8.99. The molecule has 0 fully saturated rings. The van der Waals surface area contributed by atoms with Crippen LogP contribution in [0.15, 0.2) is 254 Å². The minimum Gasteiger partial charge on any atom is -0.310 e. The molecule has 0 saturated heterocycles. The van der Waals surface area contributed by atoms with Crippen LogP contribution in [0.2, 0.25) is 0 Å². The Morgan fingerprint density at radius 1 is 0.290 bits per heavy atom. The van der Waals surface area contributed by atoms with Crippen molar-refractivity contribution in [3.05, 3.63) is 254 Å². The summed E-state index contributed by atoms with van der Waals surface area (Å²) in [6, 6.07) is -50.7. The van der Waals surface area contributed by atoms with E-state index in [0.717, 1.165) is 0 Å². The van der Waals surface area contributed by atoms with E-state index in [1.807, 2.05) is 0 Å². The summed E-state index contributed by atoms with van der Waals surface area (Å²) >= 11 is 0. The van der Waals surface area contributed by atoms with Gasteiger partial charge in [-0.25, -0.2) is 0 Å². The van der Waals surface area contributed by atoms with Crippen molar-refractivity contribution in [3.8, 4) is 61.3 Å². The number of benzene rings is 10. The summed E-state index contributed by atoms with van der Waals surface area (Å²) < 4.78 is 384. The average molecular weight is 833 g/mol. The van der Waals surface area contributed by atoms with Gasteiger partial charge in [0, 0.05) is 33.3 Å². The van der Waals surface area contributed by atoms with Crippen LogP contribution in [-0.4, -0.2) is 4.57 Å². The molecule has 0 unspecified atom stereocenters. The minimum atomic E-state index is -1.55. The molecule has 0 bridgehead atoms. The summed E-state index contributed by atoms with van der Waals surface area (Å²) in [4.78, 5) is 0.137. The first-order valence-corrected chi connectivity index (χ1v) is 17.8. The maximum atomic E-state index is 10.0. The van der Waals surface area contributed by atoms with Gasteiger partial charge in [0.05, 0.1) is 80.0 Å². The van der Waals surface area contributed by atoms with Gasteiger partial charge in [-0.2, -0.15) is 0 Å². The topological polar surface area (TPSA) is 8.17 Å². The number of para-hydroxylation sites is 2. The van der Waals surface area contributed by atoms with Crippen LogP contribution >= 0.6 is 0 Å². The lowest BCUT2D eigenvalue weighted by Crippen LogP contribution is -2.11. The summed E-state index contributed by atoms with van der Waals surface area (Å²) in [5.41, 5.74) is -17.8. The quantitative estimate of drug-likeness (QED) is 0.141. The molecule has 62 heavy (non-hydrogen) atoms. The van der Waals surface area contributed by atoms with Crippen LogP contribution in [0, 0.1) is 0 Å². The van der Waals surface area contributed by atoms with Crippen LogP contribution in [0.3, 0.4) is 0 Å². The van der Waals surface area contributed by atoms with Crippen LogP contribution in [-0.2, 0) is 0 Å². The summed E-state index contributed by atoms with van der Waals surface area (Å²) in [5.74, 6) is 0. The zero-order valence-electron chi connectivity index (χ0n) is 72.9. The molecule has 0 aliphatic heterocycles. The molecule has 0 spiro atoms. The second-order valence-electron chi connectivity index (χ2n) is 12.5. The molecule has 2 heteroatoms. The van der Waals surface area contributed by atoms with Gasteiger partial charge >= 0.3 is 0 Å². The summed E-state index contributed by atoms with van der Waals surface area (Å²) in [6.45, 7) is 0. The molecule has 0 aliphatic rings. The maximum Gasteiger partial charge on any atom is 0.0645 e. The van der Waals surface area contributed by atoms with E-state index in [9.17, 15) is 27.4 Å². The highest BCUT2D eigenvalue weighted by Crippen LogP contribution is 2.44. The minimum absolute atomic E-state index is 0.137. The van der Waals surface area contributed by atoms with Crippen molar-refractivity contribution >= 4 is 38.9 Å². The summed E-state index contributed by atoms with van der Waals surface area (Å²) in [5, 5.41) is -1.69. The van der Waals surface area contributed by atoms with Gasteiger partial charge in [-0.3, -0.25) is 0 Å². The number of aromatic nitrogens is 1. The average Bonchev–Trinajstić information content (AvgIpc) is 1.36. The molecule has 0 N–H and O–H groups in total. The number of rotatable bonds is 9. The Kier molecular flexibility index (Phi) is 3.48. The fraction of sp³-hybridized carbons (Fsp3) is 0. The highest BCUT2D eigenvalue weighted by atomic mass is 15.1. The Labute approximate surface area is 421 Å². The number of hydrogen-bond donors (Lipinski definition) is 0. The van der Waals surface area contributed by atoms with Gasteiger partial charge < -0.3 is 9.47 Å². The van der Waals surface area contributed by atoms with Gasteiger partial charge in [0.15, 0.2) is 0 Å². The van der Waals surface area contributed by atoms with Gasteiger partial charge in [-0.05, 0) is 105 Å². The zero-order chi connectivity index (χ0) is 77.8. The maximum absolute atomic E-state index is 10.0. The largest absolute Gasteiger partial charge is 0.310 e. The summed E-state index contributed by atoms with van der Waals surface area (Å²) in [6.07, 6.45) is 0.